The highest BCUT2D eigenvalue weighted by molar-refractivity contribution is 6.03. The van der Waals surface area contributed by atoms with Crippen LogP contribution in [0.2, 0.25) is 0 Å². The minimum atomic E-state index is -0.627. The van der Waals surface area contributed by atoms with Crippen LogP contribution in [-0.4, -0.2) is 94.1 Å². The van der Waals surface area contributed by atoms with Gasteiger partial charge in [-0.1, -0.05) is 0 Å². The standard InChI is InChI=1S/C29H38FN9O4/c30-22-17-31-9-8-23(22)36-28(40)25-18-32-27-24(33-19-2-3-19)16-26(37-39(25)27)34-20-4-6-21(7-5-20)35-29(41)43-13-1-10-38-11-14-42-15-12-38/h8-9,16-21,33H,1-7,10-15H2,(H,34,37)(H,35,41)(H,31,36,40). The zero-order valence-electron chi connectivity index (χ0n) is 24.1. The molecule has 4 N–H and O–H groups in total. The molecule has 3 aliphatic rings. The van der Waals surface area contributed by atoms with Crippen molar-refractivity contribution < 1.29 is 23.5 Å². The number of pyridine rings is 1. The Balaban J connectivity index is 1.03. The fraction of sp³-hybridized carbons (Fsp3) is 0.552. The van der Waals surface area contributed by atoms with Crippen LogP contribution in [0.15, 0.2) is 30.7 Å². The molecule has 13 nitrogen and oxygen atoms in total. The Morgan fingerprint density at radius 2 is 1.74 bits per heavy atom. The van der Waals surface area contributed by atoms with Gasteiger partial charge in [0, 0.05) is 50.0 Å². The number of morpholine rings is 1. The number of aromatic nitrogens is 4. The minimum Gasteiger partial charge on any atom is -0.450 e. The van der Waals surface area contributed by atoms with Gasteiger partial charge in [-0.25, -0.2) is 18.7 Å². The summed E-state index contributed by atoms with van der Waals surface area (Å²) in [6, 6.07) is 3.88. The summed E-state index contributed by atoms with van der Waals surface area (Å²) in [5, 5.41) is 17.3. The molecule has 3 aromatic heterocycles. The normalized spacial score (nSPS) is 20.9. The van der Waals surface area contributed by atoms with E-state index in [1.165, 1.54) is 23.0 Å². The van der Waals surface area contributed by atoms with Gasteiger partial charge < -0.3 is 30.7 Å². The van der Waals surface area contributed by atoms with Crippen LogP contribution in [0.25, 0.3) is 5.65 Å². The van der Waals surface area contributed by atoms with Crippen molar-refractivity contribution in [3.63, 3.8) is 0 Å². The molecule has 2 aliphatic carbocycles. The van der Waals surface area contributed by atoms with Gasteiger partial charge in [-0.05, 0) is 51.0 Å². The van der Waals surface area contributed by atoms with Crippen LogP contribution in [0.5, 0.6) is 0 Å². The smallest absolute Gasteiger partial charge is 0.407 e. The van der Waals surface area contributed by atoms with E-state index >= 15 is 0 Å². The Morgan fingerprint density at radius 3 is 2.51 bits per heavy atom. The van der Waals surface area contributed by atoms with E-state index in [-0.39, 0.29) is 29.6 Å². The van der Waals surface area contributed by atoms with Crippen LogP contribution in [0.3, 0.4) is 0 Å². The Bertz CT molecular complexity index is 1420. The first-order chi connectivity index (χ1) is 21.0. The van der Waals surface area contributed by atoms with E-state index < -0.39 is 11.7 Å². The lowest BCUT2D eigenvalue weighted by atomic mass is 9.91. The average Bonchev–Trinajstić information content (AvgIpc) is 3.73. The molecular weight excluding hydrogens is 557 g/mol. The Labute approximate surface area is 248 Å². The Kier molecular flexibility index (Phi) is 9.13. The summed E-state index contributed by atoms with van der Waals surface area (Å²) in [5.74, 6) is -0.550. The van der Waals surface area contributed by atoms with Crippen LogP contribution in [0, 0.1) is 5.82 Å². The first-order valence-electron chi connectivity index (χ1n) is 15.1. The summed E-state index contributed by atoms with van der Waals surface area (Å²) in [5.41, 5.74) is 1.52. The molecule has 0 radical (unpaired) electrons. The summed E-state index contributed by atoms with van der Waals surface area (Å²) in [7, 11) is 0. The van der Waals surface area contributed by atoms with Crippen molar-refractivity contribution in [1.29, 1.82) is 0 Å². The number of ether oxygens (including phenoxy) is 2. The lowest BCUT2D eigenvalue weighted by molar-refractivity contribution is 0.0344. The van der Waals surface area contributed by atoms with Gasteiger partial charge in [0.05, 0.1) is 43.6 Å². The highest BCUT2D eigenvalue weighted by Gasteiger charge is 2.27. The van der Waals surface area contributed by atoms with Crippen molar-refractivity contribution in [2.45, 2.75) is 63.1 Å². The summed E-state index contributed by atoms with van der Waals surface area (Å²) >= 11 is 0. The molecule has 43 heavy (non-hydrogen) atoms. The second kappa shape index (κ2) is 13.5. The maximum Gasteiger partial charge on any atom is 0.407 e. The third-order valence-corrected chi connectivity index (χ3v) is 8.01. The molecule has 0 bridgehead atoms. The number of halogens is 1. The van der Waals surface area contributed by atoms with Gasteiger partial charge in [-0.2, -0.15) is 0 Å². The van der Waals surface area contributed by atoms with Crippen molar-refractivity contribution in [3.05, 3.63) is 42.2 Å². The summed E-state index contributed by atoms with van der Waals surface area (Å²) in [6.07, 6.45) is 9.78. The molecule has 2 amide bonds. The number of amides is 2. The SMILES string of the molecule is O=C(NC1CCC(Nc2cc(NC3CC3)c3ncc(C(=O)Nc4ccncc4F)n3n2)CC1)OCCCN1CCOCC1. The maximum absolute atomic E-state index is 14.1. The molecular formula is C29H38FN9O4. The van der Waals surface area contributed by atoms with Crippen molar-refractivity contribution in [2.24, 2.45) is 0 Å². The number of imidazole rings is 1. The number of rotatable bonds is 11. The van der Waals surface area contributed by atoms with E-state index in [4.69, 9.17) is 9.47 Å². The molecule has 0 aromatic carbocycles. The third-order valence-electron chi connectivity index (χ3n) is 8.01. The second-order valence-electron chi connectivity index (χ2n) is 11.3. The van der Waals surface area contributed by atoms with Crippen molar-refractivity contribution in [2.75, 3.05) is 55.4 Å². The predicted molar refractivity (Wildman–Crippen MR) is 158 cm³/mol. The molecule has 14 heteroatoms. The molecule has 230 valence electrons. The van der Waals surface area contributed by atoms with Crippen LogP contribution in [0.1, 0.15) is 55.4 Å². The minimum absolute atomic E-state index is 0.0304. The number of hydrogen-bond acceptors (Lipinski definition) is 10. The van der Waals surface area contributed by atoms with Gasteiger partial charge >= 0.3 is 6.09 Å². The first kappa shape index (κ1) is 29.1. The molecule has 2 saturated carbocycles. The Morgan fingerprint density at radius 1 is 1.00 bits per heavy atom. The largest absolute Gasteiger partial charge is 0.450 e. The van der Waals surface area contributed by atoms with Gasteiger partial charge in [-0.3, -0.25) is 14.7 Å². The molecule has 3 fully saturated rings. The predicted octanol–water partition coefficient (Wildman–Crippen LogP) is 3.26. The van der Waals surface area contributed by atoms with Gasteiger partial charge in [0.15, 0.2) is 17.2 Å². The number of carbonyl (C=O) groups excluding carboxylic acids is 2. The highest BCUT2D eigenvalue weighted by Crippen LogP contribution is 2.30. The summed E-state index contributed by atoms with van der Waals surface area (Å²) in [4.78, 5) is 35.9. The molecule has 3 aromatic rings. The third kappa shape index (κ3) is 7.68. The number of alkyl carbamates (subject to hydrolysis) is 1. The number of hydrogen-bond donors (Lipinski definition) is 4. The van der Waals surface area contributed by atoms with E-state index in [1.807, 2.05) is 6.07 Å². The lowest BCUT2D eigenvalue weighted by Crippen LogP contribution is -2.41. The first-order valence-corrected chi connectivity index (χ1v) is 15.1. The van der Waals surface area contributed by atoms with E-state index in [0.29, 0.717) is 24.1 Å². The number of nitrogens with one attached hydrogen (secondary N) is 4. The monoisotopic (exact) mass is 595 g/mol. The van der Waals surface area contributed by atoms with E-state index in [9.17, 15) is 14.0 Å². The number of fused-ring (bicyclic) bond motifs is 1. The quantitative estimate of drug-likeness (QED) is 0.244. The van der Waals surface area contributed by atoms with Crippen molar-refractivity contribution >= 4 is 34.8 Å². The molecule has 0 spiro atoms. The van der Waals surface area contributed by atoms with Gasteiger partial charge in [0.2, 0.25) is 0 Å². The van der Waals surface area contributed by atoms with Gasteiger partial charge in [-0.15, -0.1) is 5.10 Å². The summed E-state index contributed by atoms with van der Waals surface area (Å²) in [6.45, 7) is 4.68. The molecule has 0 atom stereocenters. The van der Waals surface area contributed by atoms with Crippen LogP contribution in [0.4, 0.5) is 26.4 Å². The molecule has 1 saturated heterocycles. The fourth-order valence-corrected chi connectivity index (χ4v) is 5.49. The van der Waals surface area contributed by atoms with Gasteiger partial charge in [0.25, 0.3) is 5.91 Å². The van der Waals surface area contributed by atoms with Crippen LogP contribution >= 0.6 is 0 Å². The maximum atomic E-state index is 14.1. The number of anilines is 3. The average molecular weight is 596 g/mol. The molecule has 4 heterocycles. The Hall–Kier alpha value is -4.04. The number of carbonyl (C=O) groups is 2. The molecule has 1 aliphatic heterocycles. The fourth-order valence-electron chi connectivity index (χ4n) is 5.49. The number of nitrogens with zero attached hydrogens (tertiary/aromatic N) is 5. The summed E-state index contributed by atoms with van der Waals surface area (Å²) < 4.78 is 26.4. The zero-order chi connectivity index (χ0) is 29.6. The van der Waals surface area contributed by atoms with E-state index in [1.54, 1.807) is 0 Å². The van der Waals surface area contributed by atoms with Gasteiger partial charge in [0.1, 0.15) is 5.82 Å². The molecule has 6 rings (SSSR count). The van der Waals surface area contributed by atoms with Crippen LogP contribution < -0.4 is 21.3 Å². The lowest BCUT2D eigenvalue weighted by Gasteiger charge is -2.30. The zero-order valence-corrected chi connectivity index (χ0v) is 24.1. The highest BCUT2D eigenvalue weighted by atomic mass is 19.1. The second-order valence-corrected chi connectivity index (χ2v) is 11.3. The topological polar surface area (TPSA) is 147 Å². The van der Waals surface area contributed by atoms with E-state index in [0.717, 1.165) is 89.7 Å². The van der Waals surface area contributed by atoms with E-state index in [2.05, 4.69) is 41.2 Å². The van der Waals surface area contributed by atoms with Crippen molar-refractivity contribution in [3.8, 4) is 0 Å². The molecule has 0 unspecified atom stereocenters. The van der Waals surface area contributed by atoms with Crippen LogP contribution in [-0.2, 0) is 9.47 Å². The van der Waals surface area contributed by atoms with Crippen molar-refractivity contribution in [1.82, 2.24) is 29.8 Å².